The number of carbonyl (C=O) groups excluding carboxylic acids is 2. The predicted octanol–water partition coefficient (Wildman–Crippen LogP) is 3.12. The van der Waals surface area contributed by atoms with Gasteiger partial charge in [-0.25, -0.2) is 13.2 Å². The number of Topliss-reactive ketones (excluding diaryl/α,β-unsaturated/α-hetero) is 1. The molecule has 0 bridgehead atoms. The number of ketones is 1. The third-order valence-electron chi connectivity index (χ3n) is 3.09. The largest absolute Gasteiger partial charge is 0.466 e. The Morgan fingerprint density at radius 3 is 2.45 bits per heavy atom. The van der Waals surface area contributed by atoms with Crippen molar-refractivity contribution in [3.05, 3.63) is 34.6 Å². The van der Waals surface area contributed by atoms with Crippen molar-refractivity contribution in [2.24, 2.45) is 0 Å². The number of hydrogen-bond donors (Lipinski definition) is 0. The van der Waals surface area contributed by atoms with Crippen LogP contribution in [0, 0.1) is 17.5 Å². The lowest BCUT2D eigenvalue weighted by molar-refractivity contribution is -0.141. The first kappa shape index (κ1) is 14.6. The van der Waals surface area contributed by atoms with Crippen molar-refractivity contribution in [2.45, 2.75) is 32.1 Å². The Morgan fingerprint density at radius 1 is 1.25 bits per heavy atom. The highest BCUT2D eigenvalue weighted by Crippen LogP contribution is 2.43. The van der Waals surface area contributed by atoms with Crippen molar-refractivity contribution < 1.29 is 27.5 Å². The fraction of sp³-hybridized carbons (Fsp3) is 0.429. The lowest BCUT2D eigenvalue weighted by Crippen LogP contribution is -2.14. The molecule has 0 atom stereocenters. The van der Waals surface area contributed by atoms with Gasteiger partial charge in [0, 0.05) is 5.56 Å². The number of benzene rings is 1. The molecule has 0 N–H and O–H groups in total. The van der Waals surface area contributed by atoms with Gasteiger partial charge in [0.05, 0.1) is 12.2 Å². The summed E-state index contributed by atoms with van der Waals surface area (Å²) in [5.41, 5.74) is -1.06. The summed E-state index contributed by atoms with van der Waals surface area (Å²) in [6, 6.07) is 0.660. The second-order valence-electron chi connectivity index (χ2n) is 4.63. The van der Waals surface area contributed by atoms with Gasteiger partial charge in [-0.3, -0.25) is 9.59 Å². The number of halogens is 3. The minimum absolute atomic E-state index is 0.0674. The fourth-order valence-corrected chi connectivity index (χ4v) is 2.00. The van der Waals surface area contributed by atoms with E-state index in [9.17, 15) is 22.8 Å². The first-order valence-electron chi connectivity index (χ1n) is 6.31. The molecule has 0 aromatic heterocycles. The van der Waals surface area contributed by atoms with E-state index < -0.39 is 41.2 Å². The van der Waals surface area contributed by atoms with Gasteiger partial charge in [0.2, 0.25) is 0 Å². The normalized spacial score (nSPS) is 14.2. The molecule has 0 amide bonds. The van der Waals surface area contributed by atoms with Crippen molar-refractivity contribution in [3.63, 3.8) is 0 Å². The van der Waals surface area contributed by atoms with Crippen molar-refractivity contribution in [1.82, 2.24) is 0 Å². The minimum atomic E-state index is -1.40. The number of rotatable bonds is 5. The van der Waals surface area contributed by atoms with Gasteiger partial charge in [-0.2, -0.15) is 0 Å². The van der Waals surface area contributed by atoms with Crippen LogP contribution >= 0.6 is 0 Å². The van der Waals surface area contributed by atoms with Crippen LogP contribution in [0.4, 0.5) is 13.2 Å². The molecule has 0 spiro atoms. The molecule has 0 heterocycles. The maximum atomic E-state index is 13.8. The van der Waals surface area contributed by atoms with Crippen LogP contribution in [0.3, 0.4) is 0 Å². The zero-order valence-corrected chi connectivity index (χ0v) is 10.8. The molecule has 0 saturated heterocycles. The van der Waals surface area contributed by atoms with Crippen molar-refractivity contribution in [1.29, 1.82) is 0 Å². The summed E-state index contributed by atoms with van der Waals surface area (Å²) in [4.78, 5) is 22.8. The van der Waals surface area contributed by atoms with Crippen LogP contribution in [-0.4, -0.2) is 18.4 Å². The van der Waals surface area contributed by atoms with Gasteiger partial charge in [0.15, 0.2) is 17.4 Å². The smallest absolute Gasteiger partial charge is 0.313 e. The summed E-state index contributed by atoms with van der Waals surface area (Å²) in [5.74, 6) is -5.86. The van der Waals surface area contributed by atoms with Gasteiger partial charge in [0.1, 0.15) is 12.2 Å². The standard InChI is InChI=1S/C14H13F3O3/c1-2-20-11(19)6-10(18)8-5-9(15)12(7-3-4-7)14(17)13(8)16/h5,7H,2-4,6H2,1H3. The van der Waals surface area contributed by atoms with E-state index in [-0.39, 0.29) is 18.1 Å². The summed E-state index contributed by atoms with van der Waals surface area (Å²) in [7, 11) is 0. The Bertz CT molecular complexity index is 565. The Morgan fingerprint density at radius 2 is 1.90 bits per heavy atom. The van der Waals surface area contributed by atoms with Gasteiger partial charge in [0.25, 0.3) is 0 Å². The maximum Gasteiger partial charge on any atom is 0.313 e. The quantitative estimate of drug-likeness (QED) is 0.361. The van der Waals surface area contributed by atoms with Gasteiger partial charge in [-0.1, -0.05) is 0 Å². The Kier molecular flexibility index (Phi) is 4.11. The molecular formula is C14H13F3O3. The lowest BCUT2D eigenvalue weighted by atomic mass is 10.0. The SMILES string of the molecule is CCOC(=O)CC(=O)c1cc(F)c(C2CC2)c(F)c1F. The van der Waals surface area contributed by atoms with Crippen LogP contribution in [0.5, 0.6) is 0 Å². The van der Waals surface area contributed by atoms with E-state index in [0.29, 0.717) is 18.9 Å². The molecular weight excluding hydrogens is 273 g/mol. The van der Waals surface area contributed by atoms with Crippen molar-refractivity contribution in [2.75, 3.05) is 6.61 Å². The van der Waals surface area contributed by atoms with Gasteiger partial charge < -0.3 is 4.74 Å². The van der Waals surface area contributed by atoms with Gasteiger partial charge >= 0.3 is 5.97 Å². The molecule has 3 nitrogen and oxygen atoms in total. The van der Waals surface area contributed by atoms with Crippen LogP contribution in [-0.2, 0) is 9.53 Å². The van der Waals surface area contributed by atoms with Crippen LogP contribution < -0.4 is 0 Å². The van der Waals surface area contributed by atoms with Crippen LogP contribution in [0.25, 0.3) is 0 Å². The van der Waals surface area contributed by atoms with Gasteiger partial charge in [-0.05, 0) is 31.7 Å². The third-order valence-corrected chi connectivity index (χ3v) is 3.09. The average Bonchev–Trinajstić information content (AvgIpc) is 3.18. The molecule has 1 saturated carbocycles. The predicted molar refractivity (Wildman–Crippen MR) is 63.9 cm³/mol. The van der Waals surface area contributed by atoms with Crippen LogP contribution in [0.2, 0.25) is 0 Å². The zero-order chi connectivity index (χ0) is 14.9. The first-order chi connectivity index (χ1) is 9.45. The van der Waals surface area contributed by atoms with Crippen molar-refractivity contribution >= 4 is 11.8 Å². The molecule has 1 aliphatic rings. The summed E-state index contributed by atoms with van der Waals surface area (Å²) in [5, 5.41) is 0. The molecule has 1 aromatic carbocycles. The molecule has 0 unspecified atom stereocenters. The Balaban J connectivity index is 2.28. The maximum absolute atomic E-state index is 13.8. The highest BCUT2D eigenvalue weighted by molar-refractivity contribution is 6.06. The summed E-state index contributed by atoms with van der Waals surface area (Å²) >= 11 is 0. The fourth-order valence-electron chi connectivity index (χ4n) is 2.00. The summed E-state index contributed by atoms with van der Waals surface area (Å²) in [6.45, 7) is 1.62. The Hall–Kier alpha value is -1.85. The molecule has 20 heavy (non-hydrogen) atoms. The lowest BCUT2D eigenvalue weighted by Gasteiger charge is -2.08. The molecule has 2 rings (SSSR count). The van der Waals surface area contributed by atoms with E-state index in [1.54, 1.807) is 6.92 Å². The second kappa shape index (κ2) is 5.64. The zero-order valence-electron chi connectivity index (χ0n) is 10.8. The molecule has 0 aliphatic heterocycles. The topological polar surface area (TPSA) is 43.4 Å². The molecule has 1 aromatic rings. The highest BCUT2D eigenvalue weighted by atomic mass is 19.2. The number of carbonyl (C=O) groups is 2. The summed E-state index contributed by atoms with van der Waals surface area (Å²) in [6.07, 6.45) is 0.458. The molecule has 1 fully saturated rings. The Labute approximate surface area is 113 Å². The van der Waals surface area contributed by atoms with E-state index in [0.717, 1.165) is 0 Å². The van der Waals surface area contributed by atoms with E-state index >= 15 is 0 Å². The third kappa shape index (κ3) is 2.84. The van der Waals surface area contributed by atoms with Crippen LogP contribution in [0.1, 0.15) is 48.0 Å². The van der Waals surface area contributed by atoms with E-state index in [1.165, 1.54) is 0 Å². The second-order valence-corrected chi connectivity index (χ2v) is 4.63. The van der Waals surface area contributed by atoms with E-state index in [2.05, 4.69) is 4.74 Å². The average molecular weight is 286 g/mol. The molecule has 1 aliphatic carbocycles. The monoisotopic (exact) mass is 286 g/mol. The number of ether oxygens (including phenoxy) is 1. The van der Waals surface area contributed by atoms with Gasteiger partial charge in [-0.15, -0.1) is 0 Å². The molecule has 0 radical (unpaired) electrons. The van der Waals surface area contributed by atoms with Crippen LogP contribution in [0.15, 0.2) is 6.07 Å². The number of esters is 1. The first-order valence-corrected chi connectivity index (χ1v) is 6.31. The minimum Gasteiger partial charge on any atom is -0.466 e. The molecule has 6 heteroatoms. The van der Waals surface area contributed by atoms with E-state index in [1.807, 2.05) is 0 Å². The summed E-state index contributed by atoms with van der Waals surface area (Å²) < 4.78 is 45.9. The molecule has 108 valence electrons. The van der Waals surface area contributed by atoms with E-state index in [4.69, 9.17) is 0 Å². The highest BCUT2D eigenvalue weighted by Gasteiger charge is 2.33. The number of hydrogen-bond acceptors (Lipinski definition) is 3. The van der Waals surface area contributed by atoms with Crippen molar-refractivity contribution in [3.8, 4) is 0 Å².